The summed E-state index contributed by atoms with van der Waals surface area (Å²) >= 11 is 0. The molecule has 0 spiro atoms. The normalized spacial score (nSPS) is 53.4. The molecule has 6 saturated heterocycles. The summed E-state index contributed by atoms with van der Waals surface area (Å²) in [5.74, 6) is 0. The van der Waals surface area contributed by atoms with Gasteiger partial charge >= 0.3 is 0 Å². The first-order valence-corrected chi connectivity index (χ1v) is 21.1. The topological polar surface area (TPSA) is 506 Å². The number of aliphatic hydroxyl groups excluding tert-OH is 20. The number of aliphatic hydroxyl groups is 20. The molecule has 0 aliphatic carbocycles. The molecule has 0 aromatic carbocycles. The molecule has 0 amide bonds. The van der Waals surface area contributed by atoms with E-state index in [1.807, 2.05) is 0 Å². The first-order valence-electron chi connectivity index (χ1n) is 21.1. The van der Waals surface area contributed by atoms with Gasteiger partial charge in [0.25, 0.3) is 0 Å². The first-order chi connectivity index (χ1) is 31.8. The van der Waals surface area contributed by atoms with E-state index in [0.29, 0.717) is 0 Å². The Morgan fingerprint density at radius 3 is 1.00 bits per heavy atom. The molecule has 6 rings (SSSR count). The van der Waals surface area contributed by atoms with Crippen LogP contribution < -0.4 is 0 Å². The zero-order valence-electron chi connectivity index (χ0n) is 35.0. The van der Waals surface area contributed by atoms with E-state index in [-0.39, 0.29) is 0 Å². The van der Waals surface area contributed by atoms with E-state index >= 15 is 0 Å². The molecule has 6 aliphatic rings. The van der Waals surface area contributed by atoms with Gasteiger partial charge in [0.05, 0.1) is 39.6 Å². The molecule has 0 aromatic rings. The molecular weight excluding hydrogens is 928 g/mol. The van der Waals surface area contributed by atoms with Crippen molar-refractivity contribution in [3.8, 4) is 0 Å². The van der Waals surface area contributed by atoms with Crippen molar-refractivity contribution in [3.05, 3.63) is 0 Å². The molecule has 392 valence electrons. The maximum Gasteiger partial charge on any atom is 0.187 e. The zero-order chi connectivity index (χ0) is 49.3. The molecule has 6 heterocycles. The first kappa shape index (κ1) is 55.1. The third-order valence-corrected chi connectivity index (χ3v) is 12.4. The minimum atomic E-state index is -2.34. The molecular formula is C36H62O31. The fourth-order valence-electron chi connectivity index (χ4n) is 8.46. The van der Waals surface area contributed by atoms with Crippen LogP contribution in [0.2, 0.25) is 0 Å². The lowest BCUT2D eigenvalue weighted by Gasteiger charge is -2.51. The van der Waals surface area contributed by atoms with Crippen LogP contribution in [0.25, 0.3) is 0 Å². The summed E-state index contributed by atoms with van der Waals surface area (Å²) in [6.07, 6.45) is -59.2. The highest BCUT2D eigenvalue weighted by molar-refractivity contribution is 5.00. The van der Waals surface area contributed by atoms with Gasteiger partial charge in [0.2, 0.25) is 0 Å². The molecule has 31 heteroatoms. The van der Waals surface area contributed by atoms with Crippen molar-refractivity contribution in [2.75, 3.05) is 39.6 Å². The quantitative estimate of drug-likeness (QED) is 0.0683. The van der Waals surface area contributed by atoms with Crippen molar-refractivity contribution in [2.45, 2.75) is 184 Å². The molecule has 6 aliphatic heterocycles. The highest BCUT2D eigenvalue weighted by Crippen LogP contribution is 2.38. The van der Waals surface area contributed by atoms with Crippen LogP contribution in [-0.2, 0) is 52.1 Å². The highest BCUT2D eigenvalue weighted by Gasteiger charge is 2.58. The third-order valence-electron chi connectivity index (χ3n) is 12.4. The Morgan fingerprint density at radius 1 is 0.224 bits per heavy atom. The van der Waals surface area contributed by atoms with Crippen LogP contribution in [0, 0.1) is 0 Å². The van der Waals surface area contributed by atoms with Crippen molar-refractivity contribution >= 4 is 0 Å². The molecule has 0 unspecified atom stereocenters. The van der Waals surface area contributed by atoms with Crippen molar-refractivity contribution in [1.29, 1.82) is 0 Å². The van der Waals surface area contributed by atoms with E-state index in [9.17, 15) is 102 Å². The Morgan fingerprint density at radius 2 is 0.522 bits per heavy atom. The minimum Gasteiger partial charge on any atom is -0.394 e. The van der Waals surface area contributed by atoms with E-state index in [0.717, 1.165) is 0 Å². The average Bonchev–Trinajstić information content (AvgIpc) is 3.32. The molecule has 30 atom stereocenters. The van der Waals surface area contributed by atoms with E-state index in [1.54, 1.807) is 0 Å². The predicted molar refractivity (Wildman–Crippen MR) is 199 cm³/mol. The number of hydrogen-bond donors (Lipinski definition) is 20. The second-order valence-corrected chi connectivity index (χ2v) is 16.8. The molecule has 0 bridgehead atoms. The van der Waals surface area contributed by atoms with Crippen LogP contribution in [0.15, 0.2) is 0 Å². The summed E-state index contributed by atoms with van der Waals surface area (Å²) in [4.78, 5) is 0. The van der Waals surface area contributed by atoms with Gasteiger partial charge in [0, 0.05) is 0 Å². The van der Waals surface area contributed by atoms with Crippen LogP contribution in [0.4, 0.5) is 0 Å². The SMILES string of the molecule is OC[C@H]1O[C@@H](O[C@H]2[C@H](O)[C@@H](CO)O[C@H](O[C@H]3[C@@H](O)[C@H](O)[C@@H](CO)O[C@@H]3O)[C@H]2O[C@H]2O[C@H](CO)[C@@H](O[C@H]3O[C@H](CO)[C@H](O)[C@H](O[C@@H]4O[C@H](CO)[C@@H](O)[C@H](O)[C@H]4O)[C@H]3O)[C@H](O)[C@H]2O)[C@H](O)[C@@H](O)[C@H]1O. The lowest BCUT2D eigenvalue weighted by atomic mass is 9.95. The maximum absolute atomic E-state index is 11.5. The van der Waals surface area contributed by atoms with Crippen LogP contribution in [-0.4, -0.2) is 326 Å². The average molecular weight is 991 g/mol. The largest absolute Gasteiger partial charge is 0.394 e. The van der Waals surface area contributed by atoms with Crippen molar-refractivity contribution < 1.29 is 154 Å². The molecule has 20 N–H and O–H groups in total. The number of ether oxygens (including phenoxy) is 11. The van der Waals surface area contributed by atoms with Gasteiger partial charge in [-0.1, -0.05) is 0 Å². The van der Waals surface area contributed by atoms with Gasteiger partial charge in [-0.05, 0) is 0 Å². The molecule has 6 fully saturated rings. The summed E-state index contributed by atoms with van der Waals surface area (Å²) in [6.45, 7) is -5.85. The van der Waals surface area contributed by atoms with Crippen LogP contribution in [0.5, 0.6) is 0 Å². The lowest BCUT2D eigenvalue weighted by Crippen LogP contribution is -2.69. The second-order valence-electron chi connectivity index (χ2n) is 16.8. The van der Waals surface area contributed by atoms with Crippen molar-refractivity contribution in [1.82, 2.24) is 0 Å². The summed E-state index contributed by atoms with van der Waals surface area (Å²) in [5.41, 5.74) is 0. The Bertz CT molecular complexity index is 1500. The summed E-state index contributed by atoms with van der Waals surface area (Å²) in [5, 5.41) is 211. The Labute approximate surface area is 378 Å². The van der Waals surface area contributed by atoms with Gasteiger partial charge in [-0.15, -0.1) is 0 Å². The fourth-order valence-corrected chi connectivity index (χ4v) is 8.46. The lowest BCUT2D eigenvalue weighted by molar-refractivity contribution is -0.413. The van der Waals surface area contributed by atoms with E-state index < -0.39 is 224 Å². The number of hydrogen-bond acceptors (Lipinski definition) is 31. The van der Waals surface area contributed by atoms with E-state index in [2.05, 4.69) is 0 Å². The predicted octanol–water partition coefficient (Wildman–Crippen LogP) is -14.1. The highest BCUT2D eigenvalue weighted by atomic mass is 16.8. The van der Waals surface area contributed by atoms with Gasteiger partial charge in [-0.25, -0.2) is 0 Å². The summed E-state index contributed by atoms with van der Waals surface area (Å²) in [6, 6.07) is 0. The zero-order valence-corrected chi connectivity index (χ0v) is 35.0. The van der Waals surface area contributed by atoms with Gasteiger partial charge in [-0.3, -0.25) is 0 Å². The minimum absolute atomic E-state index is 0.876. The molecule has 31 nitrogen and oxygen atoms in total. The van der Waals surface area contributed by atoms with Crippen LogP contribution >= 0.6 is 0 Å². The van der Waals surface area contributed by atoms with Crippen LogP contribution in [0.3, 0.4) is 0 Å². The van der Waals surface area contributed by atoms with E-state index in [1.165, 1.54) is 0 Å². The van der Waals surface area contributed by atoms with Crippen molar-refractivity contribution in [2.24, 2.45) is 0 Å². The van der Waals surface area contributed by atoms with Gasteiger partial charge in [-0.2, -0.15) is 0 Å². The van der Waals surface area contributed by atoms with Gasteiger partial charge < -0.3 is 154 Å². The standard InChI is InChI=1S/C36H62O31/c37-1-7-15(45)20(50)29(31(56)57-7)66-36-30(28(17(47)11(5-41)61-36)65-33-23(53)19(49)14(44)9(3-39)59-33)67-34-24(54)21(51)26(12(6-42)62-34)63-35-25(55)27(16(46)10(4-40)60-35)64-32-22(52)18(48)13(43)8(2-38)58-32/h7-56H,1-6H2/t7-,8-,9-,10-,11-,12-,13-,14+,15-,16+,17-,18+,19+,20+,21-,22-,23-,24-,25-,26-,27+,28+,29+,30+,31+,32+,33+,34-,35-,36-/m1/s1. The Balaban J connectivity index is 1.26. The Hall–Kier alpha value is -1.24. The van der Waals surface area contributed by atoms with Gasteiger partial charge in [0.1, 0.15) is 146 Å². The summed E-state index contributed by atoms with van der Waals surface area (Å²) in [7, 11) is 0. The molecule has 0 radical (unpaired) electrons. The smallest absolute Gasteiger partial charge is 0.187 e. The summed E-state index contributed by atoms with van der Waals surface area (Å²) < 4.78 is 61.6. The fraction of sp³-hybridized carbons (Fsp3) is 1.00. The second kappa shape index (κ2) is 23.5. The Kier molecular flexibility index (Phi) is 19.4. The molecule has 0 aromatic heterocycles. The van der Waals surface area contributed by atoms with E-state index in [4.69, 9.17) is 52.1 Å². The van der Waals surface area contributed by atoms with Crippen LogP contribution in [0.1, 0.15) is 0 Å². The maximum atomic E-state index is 11.5. The monoisotopic (exact) mass is 990 g/mol. The van der Waals surface area contributed by atoms with Gasteiger partial charge in [0.15, 0.2) is 37.7 Å². The molecule has 0 saturated carbocycles. The van der Waals surface area contributed by atoms with Crippen molar-refractivity contribution in [3.63, 3.8) is 0 Å². The third kappa shape index (κ3) is 11.2. The number of rotatable bonds is 16. The molecule has 67 heavy (non-hydrogen) atoms.